The van der Waals surface area contributed by atoms with Crippen molar-refractivity contribution in [3.8, 4) is 0 Å². The second kappa shape index (κ2) is 8.24. The summed E-state index contributed by atoms with van der Waals surface area (Å²) >= 11 is 1.23. The Hall–Kier alpha value is -3.52. The number of amides is 1. The molecule has 0 saturated carbocycles. The molecule has 0 aliphatic carbocycles. The molecule has 1 amide bonds. The second-order valence-corrected chi connectivity index (χ2v) is 7.60. The molecule has 1 fully saturated rings. The third kappa shape index (κ3) is 4.17. The maximum Gasteiger partial charge on any atom is 0.272 e. The van der Waals surface area contributed by atoms with Crippen molar-refractivity contribution in [1.29, 1.82) is 0 Å². The molecule has 3 aromatic carbocycles. The fourth-order valence-electron chi connectivity index (χ4n) is 3.15. The molecule has 1 heterocycles. The van der Waals surface area contributed by atoms with Crippen molar-refractivity contribution in [3.05, 3.63) is 88.0 Å². The predicted octanol–water partition coefficient (Wildman–Crippen LogP) is 3.91. The van der Waals surface area contributed by atoms with Gasteiger partial charge in [0.05, 0.1) is 16.4 Å². The Balaban J connectivity index is 1.49. The van der Waals surface area contributed by atoms with Gasteiger partial charge in [0.1, 0.15) is 0 Å². The Morgan fingerprint density at radius 2 is 1.83 bits per heavy atom. The molecule has 0 aromatic heterocycles. The number of rotatable bonds is 5. The van der Waals surface area contributed by atoms with Gasteiger partial charge in [0.15, 0.2) is 5.17 Å². The first-order valence-electron chi connectivity index (χ1n) is 8.90. The van der Waals surface area contributed by atoms with Crippen molar-refractivity contribution in [1.82, 2.24) is 5.32 Å². The number of amidine groups is 1. The van der Waals surface area contributed by atoms with Gasteiger partial charge >= 0.3 is 0 Å². The van der Waals surface area contributed by atoms with Gasteiger partial charge in [-0.2, -0.15) is 5.10 Å². The van der Waals surface area contributed by atoms with Crippen LogP contribution in [0.2, 0.25) is 0 Å². The average molecular weight is 404 g/mol. The summed E-state index contributed by atoms with van der Waals surface area (Å²) in [5, 5.41) is 24.2. The van der Waals surface area contributed by atoms with E-state index in [1.165, 1.54) is 17.8 Å². The molecule has 0 bridgehead atoms. The van der Waals surface area contributed by atoms with Gasteiger partial charge in [-0.25, -0.2) is 0 Å². The number of hydrogen-bond acceptors (Lipinski definition) is 6. The minimum Gasteiger partial charge on any atom is -0.303 e. The van der Waals surface area contributed by atoms with Gasteiger partial charge in [-0.3, -0.25) is 14.9 Å². The average Bonchev–Trinajstić information content (AvgIpc) is 3.07. The van der Waals surface area contributed by atoms with Crippen molar-refractivity contribution < 1.29 is 9.72 Å². The Kier molecular flexibility index (Phi) is 5.35. The molecular formula is C21H16N4O3S. The zero-order valence-electron chi connectivity index (χ0n) is 15.2. The number of hydrogen-bond donors (Lipinski definition) is 1. The second-order valence-electron chi connectivity index (χ2n) is 6.40. The first-order chi connectivity index (χ1) is 14.1. The first kappa shape index (κ1) is 18.8. The third-order valence-corrected chi connectivity index (χ3v) is 5.61. The highest BCUT2D eigenvalue weighted by atomic mass is 32.2. The predicted molar refractivity (Wildman–Crippen MR) is 115 cm³/mol. The number of nitrogens with zero attached hydrogens (tertiary/aromatic N) is 3. The number of thioether (sulfide) groups is 1. The number of benzene rings is 3. The van der Waals surface area contributed by atoms with Gasteiger partial charge in [-0.1, -0.05) is 72.4 Å². The molecule has 4 rings (SSSR count). The molecule has 0 spiro atoms. The molecule has 29 heavy (non-hydrogen) atoms. The number of fused-ring (bicyclic) bond motifs is 1. The summed E-state index contributed by atoms with van der Waals surface area (Å²) in [5.41, 5.74) is 1.46. The number of para-hydroxylation sites is 1. The molecule has 0 radical (unpaired) electrons. The quantitative estimate of drug-likeness (QED) is 0.396. The maximum atomic E-state index is 12.2. The van der Waals surface area contributed by atoms with Crippen molar-refractivity contribution in [2.24, 2.45) is 10.2 Å². The van der Waals surface area contributed by atoms with Crippen molar-refractivity contribution in [2.45, 2.75) is 11.7 Å². The molecule has 7 nitrogen and oxygen atoms in total. The number of nitro benzene ring substituents is 1. The van der Waals surface area contributed by atoms with E-state index in [0.29, 0.717) is 10.7 Å². The number of carbonyl (C=O) groups is 1. The maximum absolute atomic E-state index is 12.2. The summed E-state index contributed by atoms with van der Waals surface area (Å²) in [7, 11) is 0. The van der Waals surface area contributed by atoms with E-state index in [2.05, 4.69) is 15.5 Å². The molecule has 1 N–H and O–H groups in total. The lowest BCUT2D eigenvalue weighted by Gasteiger charge is -2.05. The lowest BCUT2D eigenvalue weighted by molar-refractivity contribution is -0.385. The van der Waals surface area contributed by atoms with E-state index >= 15 is 0 Å². The highest BCUT2D eigenvalue weighted by Gasteiger charge is 2.32. The van der Waals surface area contributed by atoms with Crippen LogP contribution in [0.3, 0.4) is 0 Å². The topological polar surface area (TPSA) is 97.0 Å². The largest absolute Gasteiger partial charge is 0.303 e. The Labute approximate surface area is 170 Å². The van der Waals surface area contributed by atoms with Crippen LogP contribution in [0.5, 0.6) is 0 Å². The molecule has 144 valence electrons. The summed E-state index contributed by atoms with van der Waals surface area (Å²) < 4.78 is 0. The van der Waals surface area contributed by atoms with Crippen molar-refractivity contribution in [3.63, 3.8) is 0 Å². The molecule has 1 aliphatic rings. The van der Waals surface area contributed by atoms with Gasteiger partial charge < -0.3 is 5.32 Å². The molecule has 1 aliphatic heterocycles. The van der Waals surface area contributed by atoms with Gasteiger partial charge in [0.2, 0.25) is 5.91 Å². The van der Waals surface area contributed by atoms with E-state index in [9.17, 15) is 14.9 Å². The summed E-state index contributed by atoms with van der Waals surface area (Å²) in [6, 6.07) is 20.3. The summed E-state index contributed by atoms with van der Waals surface area (Å²) in [6.07, 6.45) is 1.90. The van der Waals surface area contributed by atoms with Crippen LogP contribution in [0.15, 0.2) is 76.9 Å². The Morgan fingerprint density at radius 3 is 2.69 bits per heavy atom. The Morgan fingerprint density at radius 1 is 1.07 bits per heavy atom. The van der Waals surface area contributed by atoms with Crippen LogP contribution in [-0.4, -0.2) is 27.5 Å². The number of nitro groups is 1. The number of carbonyl (C=O) groups excluding carboxylic acids is 1. The zero-order chi connectivity index (χ0) is 20.2. The van der Waals surface area contributed by atoms with Crippen LogP contribution in [-0.2, 0) is 11.2 Å². The highest BCUT2D eigenvalue weighted by molar-refractivity contribution is 8.15. The Bertz CT molecular complexity index is 1150. The van der Waals surface area contributed by atoms with Gasteiger partial charge in [0, 0.05) is 23.6 Å². The van der Waals surface area contributed by atoms with E-state index < -0.39 is 10.2 Å². The highest BCUT2D eigenvalue weighted by Crippen LogP contribution is 2.27. The van der Waals surface area contributed by atoms with Crippen LogP contribution in [0.1, 0.15) is 11.1 Å². The smallest absolute Gasteiger partial charge is 0.272 e. The standard InChI is InChI=1S/C21H16N4O3S/c26-20-19(12-15-7-2-4-11-18(15)25(27)28)29-21(23-20)24-22-13-16-9-5-8-14-6-1-3-10-17(14)16/h1-11,13,19H,12H2,(H,23,24,26). The number of nitrogens with one attached hydrogen (secondary N) is 1. The van der Waals surface area contributed by atoms with E-state index in [4.69, 9.17) is 0 Å². The molecule has 3 aromatic rings. The van der Waals surface area contributed by atoms with Crippen molar-refractivity contribution in [2.75, 3.05) is 0 Å². The zero-order valence-corrected chi connectivity index (χ0v) is 16.0. The van der Waals surface area contributed by atoms with E-state index in [1.807, 2.05) is 42.5 Å². The summed E-state index contributed by atoms with van der Waals surface area (Å²) in [4.78, 5) is 23.0. The van der Waals surface area contributed by atoms with Crippen LogP contribution in [0.25, 0.3) is 10.8 Å². The normalized spacial score (nSPS) is 17.9. The molecular weight excluding hydrogens is 388 g/mol. The first-order valence-corrected chi connectivity index (χ1v) is 9.78. The van der Waals surface area contributed by atoms with E-state index in [-0.39, 0.29) is 18.0 Å². The van der Waals surface area contributed by atoms with Gasteiger partial charge in [0.25, 0.3) is 5.69 Å². The van der Waals surface area contributed by atoms with E-state index in [0.717, 1.165) is 16.3 Å². The van der Waals surface area contributed by atoms with Gasteiger partial charge in [-0.05, 0) is 10.8 Å². The monoisotopic (exact) mass is 404 g/mol. The van der Waals surface area contributed by atoms with Crippen LogP contribution < -0.4 is 5.32 Å². The van der Waals surface area contributed by atoms with Crippen LogP contribution in [0.4, 0.5) is 5.69 Å². The fraction of sp³-hybridized carbons (Fsp3) is 0.0952. The fourth-order valence-corrected chi connectivity index (χ4v) is 4.11. The minimum atomic E-state index is -0.484. The molecule has 1 atom stereocenters. The SMILES string of the molecule is O=C1N/C(=N\N=Cc2cccc3ccccc23)SC1Cc1ccccc1[N+](=O)[O-]. The summed E-state index contributed by atoms with van der Waals surface area (Å²) in [5.74, 6) is -0.229. The molecule has 8 heteroatoms. The van der Waals surface area contributed by atoms with Crippen molar-refractivity contribution >= 4 is 45.5 Å². The lowest BCUT2D eigenvalue weighted by Crippen LogP contribution is -2.26. The summed E-state index contributed by atoms with van der Waals surface area (Å²) in [6.45, 7) is 0. The minimum absolute atomic E-state index is 0.0141. The van der Waals surface area contributed by atoms with E-state index in [1.54, 1.807) is 24.4 Å². The molecule has 1 unspecified atom stereocenters. The van der Waals surface area contributed by atoms with Crippen LogP contribution >= 0.6 is 11.8 Å². The lowest BCUT2D eigenvalue weighted by atomic mass is 10.1. The molecule has 1 saturated heterocycles. The third-order valence-electron chi connectivity index (χ3n) is 4.54. The van der Waals surface area contributed by atoms with Gasteiger partial charge in [-0.15, -0.1) is 5.10 Å². The van der Waals surface area contributed by atoms with Crippen LogP contribution in [0, 0.1) is 10.1 Å².